The molecule has 63 heavy (non-hydrogen) atoms. The normalized spacial score (nSPS) is 12.9. The van der Waals surface area contributed by atoms with Crippen molar-refractivity contribution in [1.82, 2.24) is 5.32 Å². The van der Waals surface area contributed by atoms with Crippen molar-refractivity contribution in [2.75, 3.05) is 13.2 Å². The number of carbonyl (C=O) groups excluding carboxylic acids is 2. The number of unbranched alkanes of at least 4 members (excludes halogenated alkanes) is 37. The highest BCUT2D eigenvalue weighted by Gasteiger charge is 2.18. The first-order valence-electron chi connectivity index (χ1n) is 27.8. The lowest BCUT2D eigenvalue weighted by Crippen LogP contribution is -2.45. The number of carbonyl (C=O) groups is 2. The third-order valence-electron chi connectivity index (χ3n) is 12.7. The third kappa shape index (κ3) is 49.4. The molecule has 6 heteroatoms. The molecule has 0 aliphatic rings. The molecule has 0 aliphatic heterocycles. The Kier molecular flexibility index (Phi) is 51.1. The molecule has 0 spiro atoms. The molecule has 0 fully saturated rings. The predicted octanol–water partition coefficient (Wildman–Crippen LogP) is 16.9. The molecule has 370 valence electrons. The molecule has 0 aliphatic carbocycles. The van der Waals surface area contributed by atoms with Gasteiger partial charge in [-0.05, 0) is 64.2 Å². The summed E-state index contributed by atoms with van der Waals surface area (Å²) in [5.74, 6) is -0.0913. The number of esters is 1. The molecular formula is C57H107NO5. The van der Waals surface area contributed by atoms with Crippen LogP contribution in [0.4, 0.5) is 0 Å². The quantitative estimate of drug-likeness (QED) is 0.0245. The van der Waals surface area contributed by atoms with E-state index in [1.165, 1.54) is 186 Å². The maximum atomic E-state index is 12.4. The summed E-state index contributed by atoms with van der Waals surface area (Å²) in [7, 11) is 0. The van der Waals surface area contributed by atoms with Gasteiger partial charge in [-0.1, -0.05) is 249 Å². The lowest BCUT2D eigenvalue weighted by Gasteiger charge is -2.20. The molecule has 0 aromatic heterocycles. The summed E-state index contributed by atoms with van der Waals surface area (Å²) in [5, 5.41) is 22.9. The third-order valence-corrected chi connectivity index (χ3v) is 12.7. The fourth-order valence-corrected chi connectivity index (χ4v) is 8.39. The maximum Gasteiger partial charge on any atom is 0.305 e. The Morgan fingerprint density at radius 1 is 0.444 bits per heavy atom. The van der Waals surface area contributed by atoms with E-state index in [1.54, 1.807) is 6.08 Å². The second kappa shape index (κ2) is 52.7. The van der Waals surface area contributed by atoms with Gasteiger partial charge in [-0.3, -0.25) is 9.59 Å². The van der Waals surface area contributed by atoms with Crippen molar-refractivity contribution in [2.24, 2.45) is 0 Å². The average molecular weight is 886 g/mol. The molecule has 6 nitrogen and oxygen atoms in total. The molecule has 0 saturated heterocycles. The minimum atomic E-state index is -0.849. The summed E-state index contributed by atoms with van der Waals surface area (Å²) < 4.78 is 5.46. The molecule has 0 saturated carbocycles. The van der Waals surface area contributed by atoms with Crippen LogP contribution in [0, 0.1) is 0 Å². The number of ether oxygens (including phenoxy) is 1. The first-order chi connectivity index (χ1) is 31.0. The van der Waals surface area contributed by atoms with Crippen molar-refractivity contribution < 1.29 is 24.5 Å². The highest BCUT2D eigenvalue weighted by Crippen LogP contribution is 2.16. The standard InChI is InChI=1S/C57H107NO5/c1-3-5-7-9-11-13-14-15-16-17-22-25-28-31-35-39-43-47-51-57(62)63-52-48-44-40-36-32-29-26-23-20-18-19-21-24-27-30-34-38-42-46-50-56(61)58-54(53-59)55(60)49-45-41-37-33-12-10-8-6-4-2/h23,26,29,32,45,49,54-55,59-60H,3-22,24-25,27-28,30-31,33-44,46-48,50-53H2,1-2H3,(H,58,61)/b26-23-,32-29-,49-45+. The van der Waals surface area contributed by atoms with Gasteiger partial charge >= 0.3 is 5.97 Å². The van der Waals surface area contributed by atoms with Crippen molar-refractivity contribution in [3.63, 3.8) is 0 Å². The van der Waals surface area contributed by atoms with E-state index in [0.717, 1.165) is 77.0 Å². The lowest BCUT2D eigenvalue weighted by molar-refractivity contribution is -0.143. The predicted molar refractivity (Wildman–Crippen MR) is 273 cm³/mol. The van der Waals surface area contributed by atoms with Crippen molar-refractivity contribution in [3.8, 4) is 0 Å². The first kappa shape index (κ1) is 61.1. The van der Waals surface area contributed by atoms with Gasteiger partial charge in [-0.2, -0.15) is 0 Å². The summed E-state index contributed by atoms with van der Waals surface area (Å²) in [5.41, 5.74) is 0. The minimum absolute atomic E-state index is 0.0104. The number of aliphatic hydroxyl groups excluding tert-OH is 2. The molecule has 0 rings (SSSR count). The summed E-state index contributed by atoms with van der Waals surface area (Å²) in [4.78, 5) is 24.4. The van der Waals surface area contributed by atoms with Crippen LogP contribution in [0.3, 0.4) is 0 Å². The summed E-state index contributed by atoms with van der Waals surface area (Å²) >= 11 is 0. The lowest BCUT2D eigenvalue weighted by atomic mass is 10.0. The van der Waals surface area contributed by atoms with Crippen LogP contribution in [0.2, 0.25) is 0 Å². The highest BCUT2D eigenvalue weighted by molar-refractivity contribution is 5.76. The highest BCUT2D eigenvalue weighted by atomic mass is 16.5. The zero-order chi connectivity index (χ0) is 45.8. The Balaban J connectivity index is 3.45. The number of allylic oxidation sites excluding steroid dienone is 5. The molecule has 0 aromatic carbocycles. The Hall–Kier alpha value is -1.92. The first-order valence-corrected chi connectivity index (χ1v) is 27.8. The van der Waals surface area contributed by atoms with Gasteiger partial charge in [0.2, 0.25) is 5.91 Å². The Morgan fingerprint density at radius 2 is 0.778 bits per heavy atom. The second-order valence-corrected chi connectivity index (χ2v) is 18.9. The van der Waals surface area contributed by atoms with Gasteiger partial charge in [0.25, 0.3) is 0 Å². The van der Waals surface area contributed by atoms with E-state index in [0.29, 0.717) is 19.4 Å². The van der Waals surface area contributed by atoms with E-state index >= 15 is 0 Å². The van der Waals surface area contributed by atoms with Crippen LogP contribution < -0.4 is 5.32 Å². The Labute approximate surface area is 392 Å². The van der Waals surface area contributed by atoms with Gasteiger partial charge in [0.15, 0.2) is 0 Å². The maximum absolute atomic E-state index is 12.4. The largest absolute Gasteiger partial charge is 0.466 e. The van der Waals surface area contributed by atoms with Crippen molar-refractivity contribution >= 4 is 11.9 Å². The van der Waals surface area contributed by atoms with E-state index in [4.69, 9.17) is 4.74 Å². The fraction of sp³-hybridized carbons (Fsp3) is 0.860. The zero-order valence-corrected chi connectivity index (χ0v) is 42.1. The van der Waals surface area contributed by atoms with Gasteiger partial charge < -0.3 is 20.3 Å². The van der Waals surface area contributed by atoms with Gasteiger partial charge in [0.1, 0.15) is 0 Å². The van der Waals surface area contributed by atoms with Crippen LogP contribution in [-0.4, -0.2) is 47.4 Å². The van der Waals surface area contributed by atoms with Crippen LogP contribution in [-0.2, 0) is 14.3 Å². The van der Waals surface area contributed by atoms with Gasteiger partial charge in [-0.15, -0.1) is 0 Å². The average Bonchev–Trinajstić information content (AvgIpc) is 3.28. The van der Waals surface area contributed by atoms with Crippen LogP contribution in [0.15, 0.2) is 36.5 Å². The van der Waals surface area contributed by atoms with Gasteiger partial charge in [0.05, 0.1) is 25.4 Å². The van der Waals surface area contributed by atoms with E-state index in [2.05, 4.69) is 43.5 Å². The number of nitrogens with one attached hydrogen (secondary N) is 1. The molecule has 0 heterocycles. The number of amides is 1. The molecule has 0 bridgehead atoms. The number of aliphatic hydroxyl groups is 2. The summed E-state index contributed by atoms with van der Waals surface area (Å²) in [6.45, 7) is 4.84. The smallest absolute Gasteiger partial charge is 0.305 e. The van der Waals surface area contributed by atoms with Crippen LogP contribution >= 0.6 is 0 Å². The number of hydrogen-bond acceptors (Lipinski definition) is 5. The molecule has 2 unspecified atom stereocenters. The Morgan fingerprint density at radius 3 is 1.17 bits per heavy atom. The molecule has 2 atom stereocenters. The van der Waals surface area contributed by atoms with Crippen molar-refractivity contribution in [2.45, 2.75) is 302 Å². The zero-order valence-electron chi connectivity index (χ0n) is 42.1. The van der Waals surface area contributed by atoms with E-state index in [9.17, 15) is 19.8 Å². The fourth-order valence-electron chi connectivity index (χ4n) is 8.39. The van der Waals surface area contributed by atoms with E-state index < -0.39 is 12.1 Å². The van der Waals surface area contributed by atoms with Gasteiger partial charge in [0, 0.05) is 12.8 Å². The second-order valence-electron chi connectivity index (χ2n) is 18.9. The summed E-state index contributed by atoms with van der Waals surface area (Å²) in [6, 6.07) is -0.633. The molecular weight excluding hydrogens is 779 g/mol. The SMILES string of the molecule is CCCCCCCCC/C=C/C(O)C(CO)NC(=O)CCCCCCCCCCCC/C=C\C=C/CCCCCOC(=O)CCCCCCCCCCCCCCCCCCCC. The van der Waals surface area contributed by atoms with E-state index in [1.807, 2.05) is 6.08 Å². The van der Waals surface area contributed by atoms with Crippen molar-refractivity contribution in [1.29, 1.82) is 0 Å². The molecule has 3 N–H and O–H groups in total. The summed E-state index contributed by atoms with van der Waals surface area (Å²) in [6.07, 6.45) is 64.6. The van der Waals surface area contributed by atoms with Crippen LogP contribution in [0.5, 0.6) is 0 Å². The van der Waals surface area contributed by atoms with Crippen LogP contribution in [0.25, 0.3) is 0 Å². The molecule has 0 radical (unpaired) electrons. The minimum Gasteiger partial charge on any atom is -0.466 e. The number of hydrogen-bond donors (Lipinski definition) is 3. The van der Waals surface area contributed by atoms with E-state index in [-0.39, 0.29) is 18.5 Å². The van der Waals surface area contributed by atoms with Crippen molar-refractivity contribution in [3.05, 3.63) is 36.5 Å². The van der Waals surface area contributed by atoms with Gasteiger partial charge in [-0.25, -0.2) is 0 Å². The Bertz CT molecular complexity index is 1020. The topological polar surface area (TPSA) is 95.9 Å². The molecule has 1 amide bonds. The monoisotopic (exact) mass is 886 g/mol. The van der Waals surface area contributed by atoms with Crippen LogP contribution in [0.1, 0.15) is 290 Å². The number of rotatable bonds is 51. The molecule has 0 aromatic rings.